The van der Waals surface area contributed by atoms with Gasteiger partial charge < -0.3 is 10.1 Å². The minimum atomic E-state index is -0.615. The van der Waals surface area contributed by atoms with E-state index in [0.29, 0.717) is 4.90 Å². The van der Waals surface area contributed by atoms with E-state index in [1.54, 1.807) is 18.2 Å². The Hall–Kier alpha value is -2.87. The topological polar surface area (TPSA) is 98.5 Å². The summed E-state index contributed by atoms with van der Waals surface area (Å²) < 4.78 is 4.92. The van der Waals surface area contributed by atoms with E-state index in [2.05, 4.69) is 5.32 Å². The first-order valence-electron chi connectivity index (χ1n) is 7.83. The van der Waals surface area contributed by atoms with Crippen molar-refractivity contribution >= 4 is 29.3 Å². The molecule has 0 spiro atoms. The molecule has 0 aliphatic heterocycles. The summed E-state index contributed by atoms with van der Waals surface area (Å²) >= 11 is 0.998. The Labute approximate surface area is 154 Å². The Kier molecular flexibility index (Phi) is 7.16. The van der Waals surface area contributed by atoms with E-state index >= 15 is 0 Å². The second kappa shape index (κ2) is 9.57. The van der Waals surface area contributed by atoms with Crippen molar-refractivity contribution in [1.29, 1.82) is 0 Å². The van der Waals surface area contributed by atoms with Crippen LogP contribution in [0.3, 0.4) is 0 Å². The van der Waals surface area contributed by atoms with E-state index in [1.165, 1.54) is 6.07 Å². The molecule has 0 aromatic heterocycles. The minimum absolute atomic E-state index is 0.0697. The highest BCUT2D eigenvalue weighted by Crippen LogP contribution is 2.28. The van der Waals surface area contributed by atoms with Crippen LogP contribution in [0.25, 0.3) is 0 Å². The zero-order valence-corrected chi connectivity index (χ0v) is 14.9. The highest BCUT2D eigenvalue weighted by atomic mass is 32.2. The maximum atomic E-state index is 11.9. The first-order chi connectivity index (χ1) is 12.5. The molecular weight excluding hydrogens is 356 g/mol. The second-order valence-corrected chi connectivity index (χ2v) is 6.39. The van der Waals surface area contributed by atoms with Gasteiger partial charge in [0.15, 0.2) is 6.61 Å². The number of nitrogens with zero attached hydrogens (tertiary/aromatic N) is 1. The van der Waals surface area contributed by atoms with E-state index in [9.17, 15) is 19.7 Å². The number of hydrogen-bond acceptors (Lipinski definition) is 6. The number of thioether (sulfide) groups is 1. The van der Waals surface area contributed by atoms with Gasteiger partial charge in [-0.15, -0.1) is 11.8 Å². The molecule has 2 aromatic rings. The van der Waals surface area contributed by atoms with E-state index < -0.39 is 23.4 Å². The zero-order chi connectivity index (χ0) is 18.9. The van der Waals surface area contributed by atoms with Gasteiger partial charge in [-0.2, -0.15) is 0 Å². The van der Waals surface area contributed by atoms with E-state index in [4.69, 9.17) is 4.74 Å². The number of nitro groups is 1. The highest BCUT2D eigenvalue weighted by Gasteiger charge is 2.16. The Morgan fingerprint density at radius 3 is 2.50 bits per heavy atom. The number of para-hydroxylation sites is 1. The van der Waals surface area contributed by atoms with Crippen LogP contribution in [0.15, 0.2) is 59.5 Å². The number of esters is 1. The predicted octanol–water partition coefficient (Wildman–Crippen LogP) is 3.11. The molecule has 1 atom stereocenters. The molecule has 0 fully saturated rings. The second-order valence-electron chi connectivity index (χ2n) is 5.37. The predicted molar refractivity (Wildman–Crippen MR) is 97.8 cm³/mol. The van der Waals surface area contributed by atoms with Crippen molar-refractivity contribution in [2.75, 3.05) is 12.4 Å². The van der Waals surface area contributed by atoms with Gasteiger partial charge in [0.25, 0.3) is 11.6 Å². The third-order valence-corrected chi connectivity index (χ3v) is 4.49. The van der Waals surface area contributed by atoms with Crippen LogP contribution in [0.5, 0.6) is 0 Å². The summed E-state index contributed by atoms with van der Waals surface area (Å²) in [6, 6.07) is 15.3. The maximum Gasteiger partial charge on any atom is 0.316 e. The van der Waals surface area contributed by atoms with Crippen molar-refractivity contribution < 1.29 is 19.2 Å². The molecule has 26 heavy (non-hydrogen) atoms. The summed E-state index contributed by atoms with van der Waals surface area (Å²) in [4.78, 5) is 34.4. The van der Waals surface area contributed by atoms with Gasteiger partial charge in [-0.05, 0) is 18.6 Å². The summed E-state index contributed by atoms with van der Waals surface area (Å²) in [7, 11) is 0. The van der Waals surface area contributed by atoms with Gasteiger partial charge >= 0.3 is 5.97 Å². The summed E-state index contributed by atoms with van der Waals surface area (Å²) in [6.07, 6.45) is 0. The molecule has 7 nitrogen and oxygen atoms in total. The monoisotopic (exact) mass is 374 g/mol. The molecule has 1 amide bonds. The number of ether oxygens (including phenoxy) is 1. The number of hydrogen-bond donors (Lipinski definition) is 1. The van der Waals surface area contributed by atoms with E-state index in [1.807, 2.05) is 37.3 Å². The molecule has 0 aliphatic rings. The van der Waals surface area contributed by atoms with Crippen LogP contribution in [0.2, 0.25) is 0 Å². The molecule has 0 unspecified atom stereocenters. The number of amides is 1. The lowest BCUT2D eigenvalue weighted by molar-refractivity contribution is -0.387. The summed E-state index contributed by atoms with van der Waals surface area (Å²) in [5.74, 6) is -1.15. The third-order valence-electron chi connectivity index (χ3n) is 3.45. The van der Waals surface area contributed by atoms with Gasteiger partial charge in [-0.25, -0.2) is 0 Å². The number of carbonyl (C=O) groups is 2. The van der Waals surface area contributed by atoms with Gasteiger partial charge in [0.1, 0.15) is 0 Å². The van der Waals surface area contributed by atoms with Crippen molar-refractivity contribution in [1.82, 2.24) is 5.32 Å². The minimum Gasteiger partial charge on any atom is -0.455 e. The number of carbonyl (C=O) groups excluding carboxylic acids is 2. The zero-order valence-electron chi connectivity index (χ0n) is 14.1. The smallest absolute Gasteiger partial charge is 0.316 e. The Bertz CT molecular complexity index is 782. The molecule has 0 radical (unpaired) electrons. The molecule has 2 rings (SSSR count). The number of nitrogens with one attached hydrogen (secondary N) is 1. The average Bonchev–Trinajstić information content (AvgIpc) is 2.65. The van der Waals surface area contributed by atoms with Crippen LogP contribution in [0.4, 0.5) is 5.69 Å². The fourth-order valence-corrected chi connectivity index (χ4v) is 2.98. The third kappa shape index (κ3) is 5.89. The lowest BCUT2D eigenvalue weighted by Crippen LogP contribution is -2.31. The molecule has 136 valence electrons. The molecule has 0 heterocycles. The SMILES string of the molecule is C[C@H](NC(=O)COC(=O)CSc1ccccc1[N+](=O)[O-])c1ccccc1. The van der Waals surface area contributed by atoms with Crippen molar-refractivity contribution in [2.24, 2.45) is 0 Å². The van der Waals surface area contributed by atoms with Crippen LogP contribution < -0.4 is 5.32 Å². The molecule has 0 saturated carbocycles. The lowest BCUT2D eigenvalue weighted by Gasteiger charge is -2.14. The Morgan fingerprint density at radius 1 is 1.15 bits per heavy atom. The average molecular weight is 374 g/mol. The van der Waals surface area contributed by atoms with Gasteiger partial charge in [-0.1, -0.05) is 42.5 Å². The molecule has 0 saturated heterocycles. The standard InChI is InChI=1S/C18H18N2O5S/c1-13(14-7-3-2-4-8-14)19-17(21)11-25-18(22)12-26-16-10-6-5-9-15(16)20(23)24/h2-10,13H,11-12H2,1H3,(H,19,21)/t13-/m0/s1. The first-order valence-corrected chi connectivity index (χ1v) is 8.82. The van der Waals surface area contributed by atoms with Crippen molar-refractivity contribution in [2.45, 2.75) is 17.9 Å². The van der Waals surface area contributed by atoms with Crippen LogP contribution in [0.1, 0.15) is 18.5 Å². The van der Waals surface area contributed by atoms with E-state index in [0.717, 1.165) is 17.3 Å². The van der Waals surface area contributed by atoms with E-state index in [-0.39, 0.29) is 17.5 Å². The molecule has 1 N–H and O–H groups in total. The fraction of sp³-hybridized carbons (Fsp3) is 0.222. The summed E-state index contributed by atoms with van der Waals surface area (Å²) in [5, 5.41) is 13.7. The number of nitro benzene ring substituents is 1. The normalized spacial score (nSPS) is 11.4. The van der Waals surface area contributed by atoms with Gasteiger partial charge in [-0.3, -0.25) is 19.7 Å². The summed E-state index contributed by atoms with van der Waals surface area (Å²) in [5.41, 5.74) is 0.874. The van der Waals surface area contributed by atoms with Crippen LogP contribution in [0, 0.1) is 10.1 Å². The number of rotatable bonds is 8. The van der Waals surface area contributed by atoms with Crippen LogP contribution in [-0.4, -0.2) is 29.2 Å². The maximum absolute atomic E-state index is 11.9. The number of benzene rings is 2. The Morgan fingerprint density at radius 2 is 1.81 bits per heavy atom. The van der Waals surface area contributed by atoms with Crippen molar-refractivity contribution in [3.8, 4) is 0 Å². The van der Waals surface area contributed by atoms with Crippen molar-refractivity contribution in [3.63, 3.8) is 0 Å². The van der Waals surface area contributed by atoms with Gasteiger partial charge in [0.2, 0.25) is 0 Å². The molecular formula is C18H18N2O5S. The largest absolute Gasteiger partial charge is 0.455 e. The van der Waals surface area contributed by atoms with Crippen LogP contribution in [-0.2, 0) is 14.3 Å². The lowest BCUT2D eigenvalue weighted by atomic mass is 10.1. The quantitative estimate of drug-likeness (QED) is 0.330. The molecule has 0 bridgehead atoms. The first kappa shape index (κ1) is 19.5. The molecule has 8 heteroatoms. The van der Waals surface area contributed by atoms with Crippen LogP contribution >= 0.6 is 11.8 Å². The van der Waals surface area contributed by atoms with Crippen molar-refractivity contribution in [3.05, 3.63) is 70.3 Å². The Balaban J connectivity index is 1.77. The van der Waals surface area contributed by atoms with Gasteiger partial charge in [0.05, 0.1) is 21.6 Å². The summed E-state index contributed by atoms with van der Waals surface area (Å²) in [6.45, 7) is 1.44. The highest BCUT2D eigenvalue weighted by molar-refractivity contribution is 8.00. The fourth-order valence-electron chi connectivity index (χ4n) is 2.16. The molecule has 2 aromatic carbocycles. The van der Waals surface area contributed by atoms with Gasteiger partial charge in [0, 0.05) is 6.07 Å². The molecule has 0 aliphatic carbocycles.